The van der Waals surface area contributed by atoms with E-state index in [2.05, 4.69) is 27.9 Å². The molecule has 0 radical (unpaired) electrons. The lowest BCUT2D eigenvalue weighted by Crippen LogP contribution is -2.45. The zero-order chi connectivity index (χ0) is 16.5. The van der Waals surface area contributed by atoms with Gasteiger partial charge in [-0.1, -0.05) is 24.3 Å². The first kappa shape index (κ1) is 14.9. The van der Waals surface area contributed by atoms with E-state index in [1.54, 1.807) is 12.1 Å². The van der Waals surface area contributed by atoms with Crippen molar-refractivity contribution in [2.24, 2.45) is 0 Å². The molecule has 1 aliphatic heterocycles. The van der Waals surface area contributed by atoms with Gasteiger partial charge in [0.1, 0.15) is 11.6 Å². The highest BCUT2D eigenvalue weighted by Gasteiger charge is 2.20. The van der Waals surface area contributed by atoms with Gasteiger partial charge in [0, 0.05) is 31.6 Å². The molecule has 0 unspecified atom stereocenters. The van der Waals surface area contributed by atoms with Gasteiger partial charge in [0.15, 0.2) is 5.82 Å². The second-order valence-corrected chi connectivity index (χ2v) is 6.20. The first-order valence-corrected chi connectivity index (χ1v) is 8.21. The fraction of sp³-hybridized carbons (Fsp3) is 0.263. The summed E-state index contributed by atoms with van der Waals surface area (Å²) in [6.07, 6.45) is 0. The smallest absolute Gasteiger partial charge is 0.165 e. The van der Waals surface area contributed by atoms with E-state index in [0.29, 0.717) is 11.4 Å². The van der Waals surface area contributed by atoms with Gasteiger partial charge < -0.3 is 14.9 Å². The van der Waals surface area contributed by atoms with Crippen molar-refractivity contribution in [2.75, 3.05) is 38.1 Å². The Hall–Kier alpha value is -2.66. The molecule has 1 N–H and O–H groups in total. The van der Waals surface area contributed by atoms with Crippen molar-refractivity contribution >= 4 is 16.7 Å². The number of aromatic hydroxyl groups is 1. The SMILES string of the molecule is CN1CCN(c2nc(-c3ccccc3O)nc3ccccc23)CC1. The maximum atomic E-state index is 10.2. The molecule has 0 amide bonds. The Bertz CT molecular complexity index is 872. The maximum Gasteiger partial charge on any atom is 0.165 e. The minimum atomic E-state index is 0.206. The summed E-state index contributed by atoms with van der Waals surface area (Å²) in [7, 11) is 2.14. The third kappa shape index (κ3) is 2.67. The summed E-state index contributed by atoms with van der Waals surface area (Å²) < 4.78 is 0. The Labute approximate surface area is 141 Å². The van der Waals surface area contributed by atoms with Gasteiger partial charge in [-0.3, -0.25) is 0 Å². The van der Waals surface area contributed by atoms with E-state index in [9.17, 15) is 5.11 Å². The molecule has 1 aliphatic rings. The second-order valence-electron chi connectivity index (χ2n) is 6.20. The van der Waals surface area contributed by atoms with Gasteiger partial charge in [-0.2, -0.15) is 0 Å². The van der Waals surface area contributed by atoms with Crippen LogP contribution < -0.4 is 4.90 Å². The summed E-state index contributed by atoms with van der Waals surface area (Å²) in [6, 6.07) is 15.3. The summed E-state index contributed by atoms with van der Waals surface area (Å²) in [5.41, 5.74) is 1.57. The zero-order valence-corrected chi connectivity index (χ0v) is 13.7. The summed E-state index contributed by atoms with van der Waals surface area (Å²) in [5.74, 6) is 1.73. The molecule has 0 atom stereocenters. The van der Waals surface area contributed by atoms with Crippen LogP contribution in [0.15, 0.2) is 48.5 Å². The Kier molecular flexibility index (Phi) is 3.78. The number of phenols is 1. The summed E-state index contributed by atoms with van der Waals surface area (Å²) in [6.45, 7) is 3.92. The van der Waals surface area contributed by atoms with E-state index in [4.69, 9.17) is 4.98 Å². The van der Waals surface area contributed by atoms with E-state index < -0.39 is 0 Å². The lowest BCUT2D eigenvalue weighted by Gasteiger charge is -2.33. The van der Waals surface area contributed by atoms with Crippen LogP contribution in [0.25, 0.3) is 22.3 Å². The molecule has 0 spiro atoms. The molecule has 2 heterocycles. The Morgan fingerprint density at radius 3 is 2.38 bits per heavy atom. The summed E-state index contributed by atoms with van der Waals surface area (Å²) in [5, 5.41) is 11.2. The average Bonchev–Trinajstić information content (AvgIpc) is 2.62. The van der Waals surface area contributed by atoms with E-state index in [1.165, 1.54) is 0 Å². The molecule has 24 heavy (non-hydrogen) atoms. The van der Waals surface area contributed by atoms with E-state index in [1.807, 2.05) is 30.3 Å². The molecule has 1 aromatic heterocycles. The maximum absolute atomic E-state index is 10.2. The van der Waals surface area contributed by atoms with Gasteiger partial charge in [-0.05, 0) is 31.3 Å². The second kappa shape index (κ2) is 6.09. The van der Waals surface area contributed by atoms with Crippen LogP contribution in [-0.2, 0) is 0 Å². The molecule has 4 rings (SSSR count). The lowest BCUT2D eigenvalue weighted by atomic mass is 10.1. The van der Waals surface area contributed by atoms with Gasteiger partial charge in [0.2, 0.25) is 0 Å². The molecule has 3 aromatic rings. The van der Waals surface area contributed by atoms with Gasteiger partial charge in [-0.25, -0.2) is 9.97 Å². The quantitative estimate of drug-likeness (QED) is 0.787. The van der Waals surface area contributed by atoms with Crippen molar-refractivity contribution in [3.8, 4) is 17.1 Å². The number of phenolic OH excluding ortho intramolecular Hbond substituents is 1. The minimum Gasteiger partial charge on any atom is -0.507 e. The van der Waals surface area contributed by atoms with Crippen molar-refractivity contribution in [1.82, 2.24) is 14.9 Å². The Balaban J connectivity index is 1.87. The Morgan fingerprint density at radius 2 is 1.58 bits per heavy atom. The van der Waals surface area contributed by atoms with Crippen LogP contribution in [0.3, 0.4) is 0 Å². The lowest BCUT2D eigenvalue weighted by molar-refractivity contribution is 0.312. The zero-order valence-electron chi connectivity index (χ0n) is 13.7. The predicted molar refractivity (Wildman–Crippen MR) is 96.3 cm³/mol. The summed E-state index contributed by atoms with van der Waals surface area (Å²) in [4.78, 5) is 14.1. The highest BCUT2D eigenvalue weighted by Crippen LogP contribution is 2.31. The number of likely N-dealkylation sites (N-methyl/N-ethyl adjacent to an activating group) is 1. The number of aromatic nitrogens is 2. The third-order valence-electron chi connectivity index (χ3n) is 4.53. The fourth-order valence-corrected chi connectivity index (χ4v) is 3.10. The van der Waals surface area contributed by atoms with Gasteiger partial charge in [0.25, 0.3) is 0 Å². The minimum absolute atomic E-state index is 0.206. The van der Waals surface area contributed by atoms with Crippen LogP contribution in [0.2, 0.25) is 0 Å². The van der Waals surface area contributed by atoms with Crippen LogP contribution in [0.4, 0.5) is 5.82 Å². The number of para-hydroxylation sites is 2. The molecule has 5 heteroatoms. The molecule has 5 nitrogen and oxygen atoms in total. The van der Waals surface area contributed by atoms with Crippen molar-refractivity contribution in [2.45, 2.75) is 0 Å². The molecule has 2 aromatic carbocycles. The number of piperazine rings is 1. The highest BCUT2D eigenvalue weighted by molar-refractivity contribution is 5.91. The van der Waals surface area contributed by atoms with Crippen molar-refractivity contribution in [3.05, 3.63) is 48.5 Å². The molecular weight excluding hydrogens is 300 g/mol. The third-order valence-corrected chi connectivity index (χ3v) is 4.53. The normalized spacial score (nSPS) is 15.8. The van der Waals surface area contributed by atoms with E-state index in [0.717, 1.165) is 42.9 Å². The standard InChI is InChI=1S/C19H20N4O/c1-22-10-12-23(13-11-22)19-14-6-2-4-8-16(14)20-18(21-19)15-7-3-5-9-17(15)24/h2-9,24H,10-13H2,1H3. The van der Waals surface area contributed by atoms with Crippen LogP contribution in [0.1, 0.15) is 0 Å². The molecule has 1 fully saturated rings. The van der Waals surface area contributed by atoms with Gasteiger partial charge in [-0.15, -0.1) is 0 Å². The predicted octanol–water partition coefficient (Wildman–Crippen LogP) is 2.75. The molecule has 0 aliphatic carbocycles. The monoisotopic (exact) mass is 320 g/mol. The van der Waals surface area contributed by atoms with Crippen molar-refractivity contribution in [1.29, 1.82) is 0 Å². The first-order chi connectivity index (χ1) is 11.7. The molecule has 0 saturated carbocycles. The van der Waals surface area contributed by atoms with Crippen molar-refractivity contribution in [3.63, 3.8) is 0 Å². The van der Waals surface area contributed by atoms with E-state index in [-0.39, 0.29) is 5.75 Å². The number of fused-ring (bicyclic) bond motifs is 1. The molecule has 1 saturated heterocycles. The molecule has 122 valence electrons. The largest absolute Gasteiger partial charge is 0.507 e. The Morgan fingerprint density at radius 1 is 0.875 bits per heavy atom. The van der Waals surface area contributed by atoms with Gasteiger partial charge >= 0.3 is 0 Å². The molecule has 0 bridgehead atoms. The number of hydrogen-bond donors (Lipinski definition) is 1. The van der Waals surface area contributed by atoms with E-state index >= 15 is 0 Å². The number of hydrogen-bond acceptors (Lipinski definition) is 5. The molecular formula is C19H20N4O. The van der Waals surface area contributed by atoms with Gasteiger partial charge in [0.05, 0.1) is 11.1 Å². The van der Waals surface area contributed by atoms with Crippen molar-refractivity contribution < 1.29 is 5.11 Å². The average molecular weight is 320 g/mol. The topological polar surface area (TPSA) is 52.5 Å². The van der Waals surface area contributed by atoms with Crippen LogP contribution in [0.5, 0.6) is 5.75 Å². The fourth-order valence-electron chi connectivity index (χ4n) is 3.10. The number of nitrogens with zero attached hydrogens (tertiary/aromatic N) is 4. The summed E-state index contributed by atoms with van der Waals surface area (Å²) >= 11 is 0. The number of benzene rings is 2. The van der Waals surface area contributed by atoms with Crippen LogP contribution >= 0.6 is 0 Å². The van der Waals surface area contributed by atoms with Crippen LogP contribution in [-0.4, -0.2) is 53.2 Å². The highest BCUT2D eigenvalue weighted by atomic mass is 16.3. The number of rotatable bonds is 2. The first-order valence-electron chi connectivity index (χ1n) is 8.21. The van der Waals surface area contributed by atoms with Crippen LogP contribution in [0, 0.1) is 0 Å². The number of anilines is 1.